The number of aliphatic carboxylic acids is 2. The summed E-state index contributed by atoms with van der Waals surface area (Å²) in [4.78, 5) is 31.6. The largest absolute Gasteiger partial charge is 0.481 e. The Morgan fingerprint density at radius 1 is 1.42 bits per heavy atom. The van der Waals surface area contributed by atoms with E-state index in [1.807, 2.05) is 0 Å². The number of rotatable bonds is 6. The van der Waals surface area contributed by atoms with Crippen LogP contribution in [0.25, 0.3) is 0 Å². The molecule has 0 amide bonds. The van der Waals surface area contributed by atoms with Crippen LogP contribution in [0.1, 0.15) is 6.42 Å². The first kappa shape index (κ1) is 15.3. The number of carboxylic acid groups (broad SMARTS) is 2. The summed E-state index contributed by atoms with van der Waals surface area (Å²) in [6.07, 6.45) is -0.639. The van der Waals surface area contributed by atoms with Gasteiger partial charge in [0.1, 0.15) is 5.25 Å². The minimum absolute atomic E-state index is 0.0584. The van der Waals surface area contributed by atoms with Crippen LogP contribution < -0.4 is 0 Å². The van der Waals surface area contributed by atoms with E-state index >= 15 is 0 Å². The molecule has 0 fully saturated rings. The number of hydrogen-bond donors (Lipinski definition) is 2. The lowest BCUT2D eigenvalue weighted by molar-refractivity contribution is -0.387. The van der Waals surface area contributed by atoms with Gasteiger partial charge in [0.15, 0.2) is 0 Å². The van der Waals surface area contributed by atoms with Crippen molar-refractivity contribution in [2.45, 2.75) is 16.6 Å². The van der Waals surface area contributed by atoms with Crippen LogP contribution in [0.15, 0.2) is 23.1 Å². The van der Waals surface area contributed by atoms with Crippen molar-refractivity contribution >= 4 is 41.0 Å². The van der Waals surface area contributed by atoms with Crippen molar-refractivity contribution in [3.63, 3.8) is 0 Å². The van der Waals surface area contributed by atoms with Gasteiger partial charge in [-0.15, -0.1) is 11.8 Å². The van der Waals surface area contributed by atoms with E-state index in [1.165, 1.54) is 12.1 Å². The standard InChI is InChI=1S/C10H8ClNO6S/c11-5-1-2-7(6(3-5)12(17)18)19-8(10(15)16)4-9(13)14/h1-3,8H,4H2,(H,13,14)(H,15,16). The first-order valence-electron chi connectivity index (χ1n) is 4.86. The average molecular weight is 306 g/mol. The molecule has 0 radical (unpaired) electrons. The molecule has 2 N–H and O–H groups in total. The maximum atomic E-state index is 10.9. The van der Waals surface area contributed by atoms with Gasteiger partial charge in [-0.05, 0) is 12.1 Å². The Balaban J connectivity index is 3.05. The summed E-state index contributed by atoms with van der Waals surface area (Å²) in [5, 5.41) is 27.1. The van der Waals surface area contributed by atoms with Gasteiger partial charge >= 0.3 is 11.9 Å². The van der Waals surface area contributed by atoms with Gasteiger partial charge in [0.25, 0.3) is 5.69 Å². The molecule has 0 heterocycles. The van der Waals surface area contributed by atoms with Crippen molar-refractivity contribution in [2.75, 3.05) is 0 Å². The van der Waals surface area contributed by atoms with Crippen molar-refractivity contribution in [2.24, 2.45) is 0 Å². The summed E-state index contributed by atoms with van der Waals surface area (Å²) >= 11 is 6.23. The fourth-order valence-corrected chi connectivity index (χ4v) is 2.42. The van der Waals surface area contributed by atoms with Crippen molar-refractivity contribution < 1.29 is 24.7 Å². The van der Waals surface area contributed by atoms with Crippen LogP contribution in [-0.4, -0.2) is 32.3 Å². The maximum Gasteiger partial charge on any atom is 0.317 e. The Morgan fingerprint density at radius 2 is 2.05 bits per heavy atom. The third-order valence-electron chi connectivity index (χ3n) is 2.02. The molecule has 1 aromatic carbocycles. The van der Waals surface area contributed by atoms with E-state index in [9.17, 15) is 19.7 Å². The fraction of sp³-hybridized carbons (Fsp3) is 0.200. The number of benzene rings is 1. The second-order valence-electron chi connectivity index (χ2n) is 3.41. The monoisotopic (exact) mass is 305 g/mol. The summed E-state index contributed by atoms with van der Waals surface area (Å²) in [5.41, 5.74) is -0.353. The highest BCUT2D eigenvalue weighted by molar-refractivity contribution is 8.00. The van der Waals surface area contributed by atoms with Crippen LogP contribution in [0, 0.1) is 10.1 Å². The summed E-state index contributed by atoms with van der Waals surface area (Å²) in [6.45, 7) is 0. The number of hydrogen-bond acceptors (Lipinski definition) is 5. The highest BCUT2D eigenvalue weighted by atomic mass is 35.5. The van der Waals surface area contributed by atoms with Crippen LogP contribution in [-0.2, 0) is 9.59 Å². The number of nitro groups is 1. The Kier molecular flexibility index (Phi) is 5.13. The number of carbonyl (C=O) groups is 2. The average Bonchev–Trinajstić information content (AvgIpc) is 2.29. The van der Waals surface area contributed by atoms with Crippen molar-refractivity contribution in [1.82, 2.24) is 0 Å². The van der Waals surface area contributed by atoms with Gasteiger partial charge in [-0.1, -0.05) is 11.6 Å². The lowest BCUT2D eigenvalue weighted by Crippen LogP contribution is -2.20. The first-order chi connectivity index (χ1) is 8.81. The molecule has 9 heteroatoms. The second kappa shape index (κ2) is 6.39. The van der Waals surface area contributed by atoms with Crippen LogP contribution >= 0.6 is 23.4 Å². The molecular weight excluding hydrogens is 298 g/mol. The number of carboxylic acids is 2. The quantitative estimate of drug-likeness (QED) is 0.470. The highest BCUT2D eigenvalue weighted by Gasteiger charge is 2.26. The number of halogens is 1. The van der Waals surface area contributed by atoms with Gasteiger partial charge < -0.3 is 10.2 Å². The lowest BCUT2D eigenvalue weighted by atomic mass is 10.3. The molecule has 102 valence electrons. The normalized spacial score (nSPS) is 11.8. The van der Waals surface area contributed by atoms with Crippen LogP contribution in [0.5, 0.6) is 0 Å². The molecule has 19 heavy (non-hydrogen) atoms. The van der Waals surface area contributed by atoms with Crippen molar-refractivity contribution in [1.29, 1.82) is 0 Å². The third kappa shape index (κ3) is 4.42. The van der Waals surface area contributed by atoms with Gasteiger partial charge in [-0.25, -0.2) is 0 Å². The van der Waals surface area contributed by atoms with E-state index in [0.717, 1.165) is 6.07 Å². The predicted molar refractivity (Wildman–Crippen MR) is 67.6 cm³/mol. The molecule has 1 atom stereocenters. The van der Waals surface area contributed by atoms with Gasteiger partial charge in [0.05, 0.1) is 16.2 Å². The van der Waals surface area contributed by atoms with Crippen LogP contribution in [0.2, 0.25) is 5.02 Å². The van der Waals surface area contributed by atoms with Gasteiger partial charge in [-0.3, -0.25) is 19.7 Å². The predicted octanol–water partition coefficient (Wildman–Crippen LogP) is 2.27. The zero-order valence-corrected chi connectivity index (χ0v) is 10.8. The Morgan fingerprint density at radius 3 is 2.53 bits per heavy atom. The van der Waals surface area contributed by atoms with Crippen LogP contribution in [0.3, 0.4) is 0 Å². The summed E-state index contributed by atoms with van der Waals surface area (Å²) in [7, 11) is 0. The second-order valence-corrected chi connectivity index (χ2v) is 5.09. The molecule has 1 aromatic rings. The molecule has 0 aliphatic carbocycles. The summed E-state index contributed by atoms with van der Waals surface area (Å²) in [5.74, 6) is -2.65. The van der Waals surface area contributed by atoms with E-state index in [4.69, 9.17) is 21.8 Å². The molecule has 0 saturated heterocycles. The molecular formula is C10H8ClNO6S. The van der Waals surface area contributed by atoms with Gasteiger partial charge in [0, 0.05) is 11.1 Å². The zero-order valence-electron chi connectivity index (χ0n) is 9.28. The molecule has 0 bridgehead atoms. The molecule has 0 saturated carbocycles. The van der Waals surface area contributed by atoms with E-state index in [2.05, 4.69) is 0 Å². The van der Waals surface area contributed by atoms with E-state index in [-0.39, 0.29) is 15.6 Å². The summed E-state index contributed by atoms with van der Waals surface area (Å²) in [6, 6.07) is 3.75. The van der Waals surface area contributed by atoms with Crippen molar-refractivity contribution in [3.05, 3.63) is 33.3 Å². The number of nitrogens with zero attached hydrogens (tertiary/aromatic N) is 1. The molecule has 0 aliphatic rings. The van der Waals surface area contributed by atoms with E-state index in [1.54, 1.807) is 0 Å². The molecule has 0 spiro atoms. The Bertz CT molecular complexity index is 535. The molecule has 1 rings (SSSR count). The summed E-state index contributed by atoms with van der Waals surface area (Å²) < 4.78 is 0. The first-order valence-corrected chi connectivity index (χ1v) is 6.12. The topological polar surface area (TPSA) is 118 Å². The smallest absolute Gasteiger partial charge is 0.317 e. The highest BCUT2D eigenvalue weighted by Crippen LogP contribution is 2.35. The molecule has 0 aromatic heterocycles. The van der Waals surface area contributed by atoms with E-state index < -0.39 is 28.5 Å². The SMILES string of the molecule is O=C(O)CC(Sc1ccc(Cl)cc1[N+](=O)[O-])C(=O)O. The minimum Gasteiger partial charge on any atom is -0.481 e. The fourth-order valence-electron chi connectivity index (χ4n) is 1.22. The third-order valence-corrected chi connectivity index (χ3v) is 3.51. The van der Waals surface area contributed by atoms with Gasteiger partial charge in [0.2, 0.25) is 0 Å². The minimum atomic E-state index is -1.35. The number of nitro benzene ring substituents is 1. The van der Waals surface area contributed by atoms with Crippen molar-refractivity contribution in [3.8, 4) is 0 Å². The lowest BCUT2D eigenvalue weighted by Gasteiger charge is -2.09. The molecule has 1 unspecified atom stereocenters. The maximum absolute atomic E-state index is 10.9. The zero-order chi connectivity index (χ0) is 14.6. The molecule has 7 nitrogen and oxygen atoms in total. The number of thioether (sulfide) groups is 1. The Hall–Kier alpha value is -1.80. The Labute approximate surface area is 116 Å². The molecule has 0 aliphatic heterocycles. The van der Waals surface area contributed by atoms with Crippen LogP contribution in [0.4, 0.5) is 5.69 Å². The van der Waals surface area contributed by atoms with Gasteiger partial charge in [-0.2, -0.15) is 0 Å². The van der Waals surface area contributed by atoms with E-state index in [0.29, 0.717) is 11.8 Å².